The molecule has 1 aliphatic carbocycles. The topological polar surface area (TPSA) is 61.4 Å². The first-order valence-electron chi connectivity index (χ1n) is 12.3. The zero-order chi connectivity index (χ0) is 23.0. The highest BCUT2D eigenvalue weighted by Gasteiger charge is 2.29. The number of hydrogen-bond acceptors (Lipinski definition) is 4. The van der Waals surface area contributed by atoms with Gasteiger partial charge in [0.2, 0.25) is 11.8 Å². The first-order valence-corrected chi connectivity index (χ1v) is 13.1. The summed E-state index contributed by atoms with van der Waals surface area (Å²) < 4.78 is 0. The predicted molar refractivity (Wildman–Crippen MR) is 134 cm³/mol. The summed E-state index contributed by atoms with van der Waals surface area (Å²) in [6, 6.07) is 18.2. The Kier molecular flexibility index (Phi) is 8.46. The molecule has 5 nitrogen and oxygen atoms in total. The fourth-order valence-corrected chi connectivity index (χ4v) is 5.72. The standard InChI is InChI=1S/C27H35N3O2S/c1-20(30-18-16-22(17-19-30)28-27(32)21-10-4-2-5-11-21)26(31)29-24-14-8-9-15-25(24)33-23-12-6-3-7-13-23/h3,6-9,12-15,20-22H,2,4-5,10-11,16-19H2,1H3,(H,28,32)(H,29,31). The van der Waals surface area contributed by atoms with Crippen molar-refractivity contribution in [3.63, 3.8) is 0 Å². The van der Waals surface area contributed by atoms with Gasteiger partial charge < -0.3 is 10.6 Å². The van der Waals surface area contributed by atoms with Crippen LogP contribution in [0.25, 0.3) is 0 Å². The molecule has 1 aliphatic heterocycles. The van der Waals surface area contributed by atoms with Crippen LogP contribution in [0, 0.1) is 5.92 Å². The lowest BCUT2D eigenvalue weighted by molar-refractivity contribution is -0.127. The Balaban J connectivity index is 1.27. The molecular formula is C27H35N3O2S. The Morgan fingerprint density at radius 1 is 0.909 bits per heavy atom. The van der Waals surface area contributed by atoms with Crippen molar-refractivity contribution in [3.05, 3.63) is 54.6 Å². The van der Waals surface area contributed by atoms with E-state index < -0.39 is 0 Å². The second-order valence-electron chi connectivity index (χ2n) is 9.23. The number of carbonyl (C=O) groups is 2. The fourth-order valence-electron chi connectivity index (χ4n) is 4.79. The van der Waals surface area contributed by atoms with E-state index >= 15 is 0 Å². The van der Waals surface area contributed by atoms with Crippen LogP contribution in [0.2, 0.25) is 0 Å². The molecule has 0 aromatic heterocycles. The van der Waals surface area contributed by atoms with E-state index in [2.05, 4.69) is 27.7 Å². The van der Waals surface area contributed by atoms with E-state index in [9.17, 15) is 9.59 Å². The Labute approximate surface area is 201 Å². The largest absolute Gasteiger partial charge is 0.353 e. The van der Waals surface area contributed by atoms with Crippen LogP contribution in [0.3, 0.4) is 0 Å². The normalized spacial score (nSPS) is 19.1. The van der Waals surface area contributed by atoms with Gasteiger partial charge in [-0.2, -0.15) is 0 Å². The van der Waals surface area contributed by atoms with Gasteiger partial charge in [-0.25, -0.2) is 0 Å². The zero-order valence-corrected chi connectivity index (χ0v) is 20.3. The molecule has 0 spiro atoms. The molecule has 2 aromatic rings. The van der Waals surface area contributed by atoms with Crippen LogP contribution < -0.4 is 10.6 Å². The van der Waals surface area contributed by atoms with Gasteiger partial charge in [-0.1, -0.05) is 61.4 Å². The molecule has 2 aromatic carbocycles. The number of nitrogens with zero attached hydrogens (tertiary/aromatic N) is 1. The summed E-state index contributed by atoms with van der Waals surface area (Å²) in [5, 5.41) is 6.42. The van der Waals surface area contributed by atoms with Crippen molar-refractivity contribution in [2.45, 2.75) is 73.7 Å². The molecule has 2 fully saturated rings. The summed E-state index contributed by atoms with van der Waals surface area (Å²) in [5.41, 5.74) is 0.845. The number of hydrogen-bond donors (Lipinski definition) is 2. The molecule has 1 saturated heterocycles. The summed E-state index contributed by atoms with van der Waals surface area (Å²) in [4.78, 5) is 30.0. The maximum Gasteiger partial charge on any atom is 0.241 e. The van der Waals surface area contributed by atoms with Crippen LogP contribution in [0.4, 0.5) is 5.69 Å². The van der Waals surface area contributed by atoms with E-state index in [0.717, 1.165) is 54.3 Å². The minimum Gasteiger partial charge on any atom is -0.353 e. The van der Waals surface area contributed by atoms with Crippen LogP contribution in [0.1, 0.15) is 51.9 Å². The maximum absolute atomic E-state index is 13.1. The van der Waals surface area contributed by atoms with Gasteiger partial charge in [-0.3, -0.25) is 14.5 Å². The molecule has 33 heavy (non-hydrogen) atoms. The minimum absolute atomic E-state index is 0.0146. The van der Waals surface area contributed by atoms with E-state index in [1.165, 1.54) is 19.3 Å². The molecule has 2 N–H and O–H groups in total. The molecule has 1 unspecified atom stereocenters. The number of para-hydroxylation sites is 1. The molecule has 4 rings (SSSR count). The molecule has 1 heterocycles. The van der Waals surface area contributed by atoms with Crippen LogP contribution in [-0.4, -0.2) is 41.9 Å². The second kappa shape index (κ2) is 11.7. The number of anilines is 1. The number of piperidine rings is 1. The highest BCUT2D eigenvalue weighted by molar-refractivity contribution is 7.99. The molecule has 0 radical (unpaired) electrons. The maximum atomic E-state index is 13.1. The van der Waals surface area contributed by atoms with E-state index in [1.807, 2.05) is 49.4 Å². The van der Waals surface area contributed by atoms with Crippen molar-refractivity contribution in [2.75, 3.05) is 18.4 Å². The highest BCUT2D eigenvalue weighted by atomic mass is 32.2. The smallest absolute Gasteiger partial charge is 0.241 e. The molecule has 176 valence electrons. The lowest BCUT2D eigenvalue weighted by Crippen LogP contribution is -2.51. The van der Waals surface area contributed by atoms with Crippen molar-refractivity contribution in [2.24, 2.45) is 5.92 Å². The van der Waals surface area contributed by atoms with E-state index in [4.69, 9.17) is 0 Å². The molecule has 1 saturated carbocycles. The third-order valence-corrected chi connectivity index (χ3v) is 7.98. The van der Waals surface area contributed by atoms with Crippen molar-refractivity contribution in [1.82, 2.24) is 10.2 Å². The Morgan fingerprint density at radius 2 is 1.58 bits per heavy atom. The number of rotatable bonds is 7. The van der Waals surface area contributed by atoms with Gasteiger partial charge in [0.05, 0.1) is 11.7 Å². The Hall–Kier alpha value is -2.31. The Morgan fingerprint density at radius 3 is 2.30 bits per heavy atom. The number of benzene rings is 2. The SMILES string of the molecule is CC(C(=O)Nc1ccccc1Sc1ccccc1)N1CCC(NC(=O)C2CCCCC2)CC1. The van der Waals surface area contributed by atoms with Crippen LogP contribution >= 0.6 is 11.8 Å². The quantitative estimate of drug-likeness (QED) is 0.581. The molecule has 0 bridgehead atoms. The van der Waals surface area contributed by atoms with Crippen LogP contribution in [0.15, 0.2) is 64.4 Å². The van der Waals surface area contributed by atoms with Crippen molar-refractivity contribution >= 4 is 29.3 Å². The van der Waals surface area contributed by atoms with Gasteiger partial charge >= 0.3 is 0 Å². The second-order valence-corrected chi connectivity index (χ2v) is 10.3. The van der Waals surface area contributed by atoms with Crippen molar-refractivity contribution < 1.29 is 9.59 Å². The lowest BCUT2D eigenvalue weighted by Gasteiger charge is -2.36. The third kappa shape index (κ3) is 6.61. The summed E-state index contributed by atoms with van der Waals surface area (Å²) >= 11 is 1.65. The highest BCUT2D eigenvalue weighted by Crippen LogP contribution is 2.33. The predicted octanol–water partition coefficient (Wildman–Crippen LogP) is 5.33. The molecule has 2 amide bonds. The third-order valence-electron chi connectivity index (χ3n) is 6.90. The summed E-state index contributed by atoms with van der Waals surface area (Å²) in [5.74, 6) is 0.461. The monoisotopic (exact) mass is 465 g/mol. The lowest BCUT2D eigenvalue weighted by atomic mass is 9.88. The summed E-state index contributed by atoms with van der Waals surface area (Å²) in [6.45, 7) is 3.62. The summed E-state index contributed by atoms with van der Waals surface area (Å²) in [7, 11) is 0. The van der Waals surface area contributed by atoms with E-state index in [-0.39, 0.29) is 29.8 Å². The average Bonchev–Trinajstić information content (AvgIpc) is 2.86. The van der Waals surface area contributed by atoms with Gasteiger partial charge in [0.15, 0.2) is 0 Å². The number of carbonyl (C=O) groups excluding carboxylic acids is 2. The number of amides is 2. The summed E-state index contributed by atoms with van der Waals surface area (Å²) in [6.07, 6.45) is 7.48. The van der Waals surface area contributed by atoms with Gasteiger partial charge in [-0.05, 0) is 56.9 Å². The van der Waals surface area contributed by atoms with E-state index in [1.54, 1.807) is 11.8 Å². The first-order chi connectivity index (χ1) is 16.1. The van der Waals surface area contributed by atoms with Crippen LogP contribution in [0.5, 0.6) is 0 Å². The molecular weight excluding hydrogens is 430 g/mol. The first kappa shape index (κ1) is 23.8. The number of likely N-dealkylation sites (tertiary alicyclic amines) is 1. The molecule has 1 atom stereocenters. The zero-order valence-electron chi connectivity index (χ0n) is 19.5. The molecule has 6 heteroatoms. The van der Waals surface area contributed by atoms with Crippen molar-refractivity contribution in [1.29, 1.82) is 0 Å². The van der Waals surface area contributed by atoms with E-state index in [0.29, 0.717) is 0 Å². The van der Waals surface area contributed by atoms with Gasteiger partial charge in [0.25, 0.3) is 0 Å². The Bertz CT molecular complexity index is 922. The molecule has 2 aliphatic rings. The number of nitrogens with one attached hydrogen (secondary N) is 2. The minimum atomic E-state index is -0.213. The average molecular weight is 466 g/mol. The fraction of sp³-hybridized carbons (Fsp3) is 0.481. The van der Waals surface area contributed by atoms with Crippen LogP contribution in [-0.2, 0) is 9.59 Å². The van der Waals surface area contributed by atoms with Crippen molar-refractivity contribution in [3.8, 4) is 0 Å². The van der Waals surface area contributed by atoms with Gasteiger partial charge in [0, 0.05) is 34.8 Å². The van der Waals surface area contributed by atoms with Gasteiger partial charge in [-0.15, -0.1) is 0 Å². The van der Waals surface area contributed by atoms with Gasteiger partial charge in [0.1, 0.15) is 0 Å².